The summed E-state index contributed by atoms with van der Waals surface area (Å²) in [6.07, 6.45) is 2.44. The number of benzene rings is 2. The largest absolute Gasteiger partial charge is 0.496 e. The van der Waals surface area contributed by atoms with Crippen molar-refractivity contribution in [1.82, 2.24) is 15.6 Å². The van der Waals surface area contributed by atoms with Gasteiger partial charge in [-0.2, -0.15) is 10.2 Å². The van der Waals surface area contributed by atoms with Gasteiger partial charge in [0, 0.05) is 17.2 Å². The van der Waals surface area contributed by atoms with E-state index >= 15 is 0 Å². The van der Waals surface area contributed by atoms with Crippen molar-refractivity contribution in [3.05, 3.63) is 59.3 Å². The highest BCUT2D eigenvalue weighted by Crippen LogP contribution is 2.33. The summed E-state index contributed by atoms with van der Waals surface area (Å²) in [5.41, 5.74) is 6.27. The Kier molecular flexibility index (Phi) is 6.69. The Morgan fingerprint density at radius 2 is 1.70 bits per heavy atom. The molecule has 3 aromatic rings. The number of nitrogens with zero attached hydrogens (tertiary/aromatic N) is 2. The topological polar surface area (TPSA) is 97.8 Å². The standard InChI is InChI=1S/C22H24N4O4/c1-5-14-6-8-15(9-7-14)17-11-18(25-24-17)22(27)26-23-13-16-10-20(29-3)21(30-4)12-19(16)28-2/h6-13H,5H2,1-4H3,(H,24,25)(H,26,27). The van der Waals surface area contributed by atoms with Crippen molar-refractivity contribution in [2.75, 3.05) is 21.3 Å². The summed E-state index contributed by atoms with van der Waals surface area (Å²) in [5, 5.41) is 11.0. The molecule has 0 saturated carbocycles. The van der Waals surface area contributed by atoms with E-state index in [9.17, 15) is 4.79 Å². The number of hydrogen-bond donors (Lipinski definition) is 2. The van der Waals surface area contributed by atoms with Gasteiger partial charge in [0.1, 0.15) is 11.4 Å². The van der Waals surface area contributed by atoms with Gasteiger partial charge in [-0.05, 0) is 24.1 Å². The maximum atomic E-state index is 12.4. The molecule has 0 aliphatic carbocycles. The van der Waals surface area contributed by atoms with Crippen molar-refractivity contribution in [1.29, 1.82) is 0 Å². The summed E-state index contributed by atoms with van der Waals surface area (Å²) in [5.74, 6) is 1.19. The average Bonchev–Trinajstić information content (AvgIpc) is 3.29. The van der Waals surface area contributed by atoms with E-state index in [1.807, 2.05) is 24.3 Å². The van der Waals surface area contributed by atoms with Gasteiger partial charge < -0.3 is 14.2 Å². The summed E-state index contributed by atoms with van der Waals surface area (Å²) in [6.45, 7) is 2.10. The second-order valence-electron chi connectivity index (χ2n) is 6.37. The number of carbonyl (C=O) groups is 1. The molecule has 8 nitrogen and oxygen atoms in total. The fourth-order valence-corrected chi connectivity index (χ4v) is 2.87. The van der Waals surface area contributed by atoms with E-state index in [4.69, 9.17) is 14.2 Å². The molecule has 2 aromatic carbocycles. The molecule has 0 bridgehead atoms. The predicted molar refractivity (Wildman–Crippen MR) is 115 cm³/mol. The highest BCUT2D eigenvalue weighted by Gasteiger charge is 2.12. The van der Waals surface area contributed by atoms with Crippen LogP contribution in [0.15, 0.2) is 47.6 Å². The van der Waals surface area contributed by atoms with Crippen LogP contribution in [0.1, 0.15) is 28.5 Å². The number of rotatable bonds is 8. The number of carbonyl (C=O) groups excluding carboxylic acids is 1. The van der Waals surface area contributed by atoms with Crippen LogP contribution >= 0.6 is 0 Å². The first-order chi connectivity index (χ1) is 14.6. The Hall–Kier alpha value is -3.81. The summed E-state index contributed by atoms with van der Waals surface area (Å²) >= 11 is 0. The van der Waals surface area contributed by atoms with Crippen molar-refractivity contribution in [2.24, 2.45) is 5.10 Å². The minimum Gasteiger partial charge on any atom is -0.496 e. The third-order valence-electron chi connectivity index (χ3n) is 4.59. The Bertz CT molecular complexity index is 1040. The third-order valence-corrected chi connectivity index (χ3v) is 4.59. The molecule has 0 spiro atoms. The first kappa shape index (κ1) is 20.9. The number of aryl methyl sites for hydroxylation is 1. The number of amides is 1. The van der Waals surface area contributed by atoms with E-state index < -0.39 is 5.91 Å². The summed E-state index contributed by atoms with van der Waals surface area (Å²) in [7, 11) is 4.62. The Morgan fingerprint density at radius 1 is 1.03 bits per heavy atom. The number of nitrogens with one attached hydrogen (secondary N) is 2. The smallest absolute Gasteiger partial charge is 0.289 e. The van der Waals surface area contributed by atoms with Crippen molar-refractivity contribution in [2.45, 2.75) is 13.3 Å². The van der Waals surface area contributed by atoms with Gasteiger partial charge in [-0.15, -0.1) is 0 Å². The van der Waals surface area contributed by atoms with Gasteiger partial charge in [0.05, 0.1) is 33.2 Å². The number of hydrazone groups is 1. The van der Waals surface area contributed by atoms with E-state index in [1.54, 1.807) is 32.4 Å². The van der Waals surface area contributed by atoms with Gasteiger partial charge in [-0.25, -0.2) is 5.43 Å². The SMILES string of the molecule is CCc1ccc(-c2cc(C(=O)NN=Cc3cc(OC)c(OC)cc3OC)[nH]n2)cc1. The number of methoxy groups -OCH3 is 3. The Labute approximate surface area is 174 Å². The van der Waals surface area contributed by atoms with Crippen LogP contribution < -0.4 is 19.6 Å². The minimum absolute atomic E-state index is 0.306. The third kappa shape index (κ3) is 4.60. The van der Waals surface area contributed by atoms with Gasteiger partial charge in [-0.1, -0.05) is 31.2 Å². The number of H-pyrrole nitrogens is 1. The van der Waals surface area contributed by atoms with Crippen LogP contribution in [-0.2, 0) is 6.42 Å². The van der Waals surface area contributed by atoms with Crippen molar-refractivity contribution >= 4 is 12.1 Å². The lowest BCUT2D eigenvalue weighted by molar-refractivity contribution is 0.0950. The van der Waals surface area contributed by atoms with Crippen LogP contribution in [0.3, 0.4) is 0 Å². The molecule has 0 unspecified atom stereocenters. The van der Waals surface area contributed by atoms with Crippen molar-refractivity contribution < 1.29 is 19.0 Å². The molecule has 156 valence electrons. The van der Waals surface area contributed by atoms with Gasteiger partial charge in [0.15, 0.2) is 11.5 Å². The molecule has 0 aliphatic heterocycles. The molecule has 0 aliphatic rings. The number of ether oxygens (including phenoxy) is 3. The fourth-order valence-electron chi connectivity index (χ4n) is 2.87. The van der Waals surface area contributed by atoms with E-state index in [0.29, 0.717) is 34.2 Å². The lowest BCUT2D eigenvalue weighted by Crippen LogP contribution is -2.18. The maximum absolute atomic E-state index is 12.4. The van der Waals surface area contributed by atoms with E-state index in [-0.39, 0.29) is 0 Å². The van der Waals surface area contributed by atoms with E-state index in [0.717, 1.165) is 12.0 Å². The predicted octanol–water partition coefficient (Wildman–Crippen LogP) is 3.43. The molecular formula is C22H24N4O4. The minimum atomic E-state index is -0.408. The molecule has 0 atom stereocenters. The molecule has 30 heavy (non-hydrogen) atoms. The first-order valence-electron chi connectivity index (χ1n) is 9.37. The maximum Gasteiger partial charge on any atom is 0.289 e. The second-order valence-corrected chi connectivity index (χ2v) is 6.37. The van der Waals surface area contributed by atoms with Crippen LogP contribution in [0.5, 0.6) is 17.2 Å². The fraction of sp³-hybridized carbons (Fsp3) is 0.227. The van der Waals surface area contributed by atoms with Crippen LogP contribution in [0, 0.1) is 0 Å². The first-order valence-corrected chi connectivity index (χ1v) is 9.37. The molecule has 0 saturated heterocycles. The zero-order valence-electron chi connectivity index (χ0n) is 17.4. The van der Waals surface area contributed by atoms with Crippen LogP contribution in [-0.4, -0.2) is 43.6 Å². The van der Waals surface area contributed by atoms with Gasteiger partial charge in [0.25, 0.3) is 5.91 Å². The quantitative estimate of drug-likeness (QED) is 0.440. The van der Waals surface area contributed by atoms with Gasteiger partial charge >= 0.3 is 0 Å². The van der Waals surface area contributed by atoms with Crippen LogP contribution in [0.2, 0.25) is 0 Å². The molecular weight excluding hydrogens is 384 g/mol. The normalized spacial score (nSPS) is 10.8. The lowest BCUT2D eigenvalue weighted by atomic mass is 10.1. The van der Waals surface area contributed by atoms with Gasteiger partial charge in [-0.3, -0.25) is 9.89 Å². The van der Waals surface area contributed by atoms with Crippen LogP contribution in [0.4, 0.5) is 0 Å². The number of aromatic nitrogens is 2. The second kappa shape index (κ2) is 9.60. The summed E-state index contributed by atoms with van der Waals surface area (Å²) in [4.78, 5) is 12.4. The van der Waals surface area contributed by atoms with E-state index in [2.05, 4.69) is 27.6 Å². The van der Waals surface area contributed by atoms with Crippen LogP contribution in [0.25, 0.3) is 11.3 Å². The Balaban J connectivity index is 1.71. The summed E-state index contributed by atoms with van der Waals surface area (Å²) in [6, 6.07) is 13.1. The van der Waals surface area contributed by atoms with Gasteiger partial charge in [0.2, 0.25) is 0 Å². The number of hydrogen-bond acceptors (Lipinski definition) is 6. The highest BCUT2D eigenvalue weighted by molar-refractivity contribution is 5.94. The monoisotopic (exact) mass is 408 g/mol. The molecule has 0 fully saturated rings. The van der Waals surface area contributed by atoms with Crippen molar-refractivity contribution in [3.63, 3.8) is 0 Å². The average molecular weight is 408 g/mol. The number of aromatic amines is 1. The molecule has 1 aromatic heterocycles. The molecule has 3 rings (SSSR count). The van der Waals surface area contributed by atoms with E-state index in [1.165, 1.54) is 18.9 Å². The molecule has 1 amide bonds. The zero-order chi connectivity index (χ0) is 21.5. The zero-order valence-corrected chi connectivity index (χ0v) is 17.4. The lowest BCUT2D eigenvalue weighted by Gasteiger charge is -2.11. The Morgan fingerprint density at radius 3 is 2.33 bits per heavy atom. The molecule has 8 heteroatoms. The van der Waals surface area contributed by atoms with Crippen molar-refractivity contribution in [3.8, 4) is 28.5 Å². The molecule has 1 heterocycles. The molecule has 0 radical (unpaired) electrons. The highest BCUT2D eigenvalue weighted by atomic mass is 16.5. The molecule has 2 N–H and O–H groups in total. The summed E-state index contributed by atoms with van der Waals surface area (Å²) < 4.78 is 15.9.